The summed E-state index contributed by atoms with van der Waals surface area (Å²) in [4.78, 5) is 0. The minimum absolute atomic E-state index is 0.187. The molecular formula is C17H29NO. The molecule has 0 saturated heterocycles. The second-order valence-electron chi connectivity index (χ2n) is 5.66. The van der Waals surface area contributed by atoms with E-state index in [1.54, 1.807) is 7.11 Å². The maximum Gasteiger partial charge on any atom is 0.0465 e. The summed E-state index contributed by atoms with van der Waals surface area (Å²) in [5.41, 5.74) is 7.92. The first-order valence-corrected chi connectivity index (χ1v) is 7.41. The van der Waals surface area contributed by atoms with E-state index in [-0.39, 0.29) is 6.04 Å². The zero-order chi connectivity index (χ0) is 14.3. The van der Waals surface area contributed by atoms with Crippen molar-refractivity contribution in [2.45, 2.75) is 45.6 Å². The lowest BCUT2D eigenvalue weighted by Crippen LogP contribution is -2.38. The molecule has 0 heterocycles. The van der Waals surface area contributed by atoms with Gasteiger partial charge in [0.25, 0.3) is 0 Å². The highest BCUT2D eigenvalue weighted by atomic mass is 16.5. The zero-order valence-corrected chi connectivity index (χ0v) is 12.8. The molecule has 2 N–H and O–H groups in total. The van der Waals surface area contributed by atoms with E-state index in [2.05, 4.69) is 51.1 Å². The lowest BCUT2D eigenvalue weighted by Gasteiger charge is -2.33. The Kier molecular flexibility index (Phi) is 7.11. The van der Waals surface area contributed by atoms with E-state index < -0.39 is 0 Å². The van der Waals surface area contributed by atoms with Crippen molar-refractivity contribution >= 4 is 0 Å². The van der Waals surface area contributed by atoms with Crippen LogP contribution in [0, 0.1) is 11.8 Å². The number of rotatable bonds is 8. The molecule has 1 rings (SSSR count). The summed E-state index contributed by atoms with van der Waals surface area (Å²) in [5, 5.41) is 0. The first kappa shape index (κ1) is 16.2. The Bertz CT molecular complexity index is 338. The molecule has 4 unspecified atom stereocenters. The molecular weight excluding hydrogens is 234 g/mol. The highest BCUT2D eigenvalue weighted by molar-refractivity contribution is 5.22. The van der Waals surface area contributed by atoms with E-state index in [4.69, 9.17) is 10.5 Å². The Hall–Kier alpha value is -0.860. The number of ether oxygens (including phenoxy) is 1. The van der Waals surface area contributed by atoms with Crippen molar-refractivity contribution < 1.29 is 4.74 Å². The van der Waals surface area contributed by atoms with Crippen LogP contribution in [0.15, 0.2) is 30.3 Å². The second-order valence-corrected chi connectivity index (χ2v) is 5.66. The summed E-state index contributed by atoms with van der Waals surface area (Å²) in [7, 11) is 1.75. The first-order valence-electron chi connectivity index (χ1n) is 7.41. The molecule has 0 fully saturated rings. The van der Waals surface area contributed by atoms with Gasteiger partial charge in [0.2, 0.25) is 0 Å². The summed E-state index contributed by atoms with van der Waals surface area (Å²) < 4.78 is 5.18. The van der Waals surface area contributed by atoms with Crippen LogP contribution in [0.4, 0.5) is 0 Å². The molecule has 0 saturated carbocycles. The van der Waals surface area contributed by atoms with E-state index >= 15 is 0 Å². The van der Waals surface area contributed by atoms with Gasteiger partial charge in [-0.3, -0.25) is 0 Å². The third-order valence-electron chi connectivity index (χ3n) is 4.29. The predicted octanol–water partition coefficient (Wildman–Crippen LogP) is 3.82. The molecule has 2 heteroatoms. The topological polar surface area (TPSA) is 35.2 Å². The number of hydrogen-bond donors (Lipinski definition) is 1. The molecule has 0 aliphatic heterocycles. The minimum Gasteiger partial charge on any atom is -0.385 e. The Morgan fingerprint density at radius 3 is 2.26 bits per heavy atom. The van der Waals surface area contributed by atoms with Gasteiger partial charge in [-0.1, -0.05) is 57.5 Å². The van der Waals surface area contributed by atoms with Crippen molar-refractivity contribution in [3.8, 4) is 0 Å². The van der Waals surface area contributed by atoms with Crippen LogP contribution in [0.5, 0.6) is 0 Å². The van der Waals surface area contributed by atoms with Gasteiger partial charge in [-0.15, -0.1) is 0 Å². The molecule has 0 aromatic heterocycles. The predicted molar refractivity (Wildman–Crippen MR) is 82.3 cm³/mol. The number of methoxy groups -OCH3 is 1. The summed E-state index contributed by atoms with van der Waals surface area (Å²) in [6.45, 7) is 7.58. The van der Waals surface area contributed by atoms with Gasteiger partial charge in [-0.2, -0.15) is 0 Å². The maximum atomic E-state index is 6.56. The van der Waals surface area contributed by atoms with Gasteiger partial charge in [0, 0.05) is 25.7 Å². The smallest absolute Gasteiger partial charge is 0.0465 e. The zero-order valence-electron chi connectivity index (χ0n) is 12.8. The molecule has 0 bridgehead atoms. The Balaban J connectivity index is 2.85. The van der Waals surface area contributed by atoms with Gasteiger partial charge in [-0.25, -0.2) is 0 Å². The highest BCUT2D eigenvalue weighted by Gasteiger charge is 2.28. The molecule has 0 aliphatic rings. The Morgan fingerprint density at radius 2 is 1.74 bits per heavy atom. The van der Waals surface area contributed by atoms with Crippen LogP contribution in [0.3, 0.4) is 0 Å². The Morgan fingerprint density at radius 1 is 1.11 bits per heavy atom. The summed E-state index contributed by atoms with van der Waals surface area (Å²) in [5.74, 6) is 1.50. The average molecular weight is 263 g/mol. The normalized spacial score (nSPS) is 17.7. The number of nitrogens with two attached hydrogens (primary N) is 1. The first-order chi connectivity index (χ1) is 9.11. The van der Waals surface area contributed by atoms with Crippen molar-refractivity contribution in [2.24, 2.45) is 17.6 Å². The summed E-state index contributed by atoms with van der Waals surface area (Å²) in [6, 6.07) is 10.9. The van der Waals surface area contributed by atoms with E-state index in [0.29, 0.717) is 17.8 Å². The van der Waals surface area contributed by atoms with Crippen LogP contribution in [0.2, 0.25) is 0 Å². The fourth-order valence-corrected chi connectivity index (χ4v) is 2.71. The van der Waals surface area contributed by atoms with Crippen molar-refractivity contribution in [1.82, 2.24) is 0 Å². The standard InChI is InChI=1S/C17H29NO/c1-5-13(2)16(15-9-7-6-8-10-15)17(18)14(3)11-12-19-4/h6-10,13-14,16-17H,5,11-12,18H2,1-4H3. The third kappa shape index (κ3) is 4.63. The molecule has 0 spiro atoms. The van der Waals surface area contributed by atoms with Gasteiger partial charge in [0.05, 0.1) is 0 Å². The molecule has 108 valence electrons. The quantitative estimate of drug-likeness (QED) is 0.774. The Labute approximate surface area is 118 Å². The fourth-order valence-electron chi connectivity index (χ4n) is 2.71. The van der Waals surface area contributed by atoms with Crippen molar-refractivity contribution in [3.05, 3.63) is 35.9 Å². The molecule has 4 atom stereocenters. The van der Waals surface area contributed by atoms with Crippen LogP contribution < -0.4 is 5.73 Å². The van der Waals surface area contributed by atoms with Crippen LogP contribution in [-0.2, 0) is 4.74 Å². The molecule has 1 aromatic rings. The van der Waals surface area contributed by atoms with E-state index in [0.717, 1.165) is 19.4 Å². The SMILES string of the molecule is CCC(C)C(c1ccccc1)C(N)C(C)CCOC. The van der Waals surface area contributed by atoms with Crippen LogP contribution >= 0.6 is 0 Å². The molecule has 1 aromatic carbocycles. The largest absolute Gasteiger partial charge is 0.385 e. The number of benzene rings is 1. The lowest BCUT2D eigenvalue weighted by molar-refractivity contribution is 0.167. The molecule has 0 aliphatic carbocycles. The fraction of sp³-hybridized carbons (Fsp3) is 0.647. The van der Waals surface area contributed by atoms with Gasteiger partial charge in [0.1, 0.15) is 0 Å². The minimum atomic E-state index is 0.187. The van der Waals surface area contributed by atoms with Gasteiger partial charge < -0.3 is 10.5 Å². The van der Waals surface area contributed by atoms with Gasteiger partial charge in [0.15, 0.2) is 0 Å². The van der Waals surface area contributed by atoms with Crippen LogP contribution in [0.1, 0.15) is 45.1 Å². The van der Waals surface area contributed by atoms with Crippen LogP contribution in [0.25, 0.3) is 0 Å². The maximum absolute atomic E-state index is 6.56. The molecule has 0 amide bonds. The monoisotopic (exact) mass is 263 g/mol. The van der Waals surface area contributed by atoms with Gasteiger partial charge in [-0.05, 0) is 23.8 Å². The van der Waals surface area contributed by atoms with Crippen molar-refractivity contribution in [1.29, 1.82) is 0 Å². The van der Waals surface area contributed by atoms with Crippen molar-refractivity contribution in [2.75, 3.05) is 13.7 Å². The molecule has 2 nitrogen and oxygen atoms in total. The second kappa shape index (κ2) is 8.34. The average Bonchev–Trinajstić information content (AvgIpc) is 2.45. The van der Waals surface area contributed by atoms with Crippen molar-refractivity contribution in [3.63, 3.8) is 0 Å². The molecule has 0 radical (unpaired) electrons. The van der Waals surface area contributed by atoms with E-state index in [9.17, 15) is 0 Å². The number of hydrogen-bond acceptors (Lipinski definition) is 2. The van der Waals surface area contributed by atoms with Gasteiger partial charge >= 0.3 is 0 Å². The van der Waals surface area contributed by atoms with Crippen LogP contribution in [-0.4, -0.2) is 19.8 Å². The lowest BCUT2D eigenvalue weighted by atomic mass is 9.75. The summed E-state index contributed by atoms with van der Waals surface area (Å²) in [6.07, 6.45) is 2.18. The van der Waals surface area contributed by atoms with E-state index in [1.807, 2.05) is 0 Å². The van der Waals surface area contributed by atoms with E-state index in [1.165, 1.54) is 5.56 Å². The third-order valence-corrected chi connectivity index (χ3v) is 4.29. The molecule has 19 heavy (non-hydrogen) atoms. The summed E-state index contributed by atoms with van der Waals surface area (Å²) >= 11 is 0. The highest BCUT2D eigenvalue weighted by Crippen LogP contribution is 2.33.